The van der Waals surface area contributed by atoms with Crippen LogP contribution in [0.25, 0.3) is 0 Å². The van der Waals surface area contributed by atoms with E-state index in [2.05, 4.69) is 5.10 Å². The van der Waals surface area contributed by atoms with Crippen LogP contribution in [0, 0.1) is 5.92 Å². The molecule has 1 saturated carbocycles. The van der Waals surface area contributed by atoms with E-state index in [0.29, 0.717) is 5.92 Å². The summed E-state index contributed by atoms with van der Waals surface area (Å²) in [6.07, 6.45) is 6.35. The van der Waals surface area contributed by atoms with E-state index >= 15 is 0 Å². The highest BCUT2D eigenvalue weighted by atomic mass is 16.4. The third-order valence-electron chi connectivity index (χ3n) is 2.99. The van der Waals surface area contributed by atoms with Crippen molar-refractivity contribution >= 4 is 5.97 Å². The van der Waals surface area contributed by atoms with Gasteiger partial charge in [-0.3, -0.25) is 9.48 Å². The van der Waals surface area contributed by atoms with Gasteiger partial charge in [0.2, 0.25) is 0 Å². The minimum absolute atomic E-state index is 0.169. The van der Waals surface area contributed by atoms with Gasteiger partial charge < -0.3 is 5.11 Å². The van der Waals surface area contributed by atoms with Gasteiger partial charge in [-0.25, -0.2) is 0 Å². The molecule has 1 aromatic heterocycles. The molecule has 0 spiro atoms. The maximum absolute atomic E-state index is 10.8. The van der Waals surface area contributed by atoms with Crippen LogP contribution < -0.4 is 0 Å². The van der Waals surface area contributed by atoms with Crippen LogP contribution in [-0.2, 0) is 11.3 Å². The molecule has 1 N–H and O–H groups in total. The van der Waals surface area contributed by atoms with Crippen molar-refractivity contribution in [2.75, 3.05) is 0 Å². The fourth-order valence-corrected chi connectivity index (χ4v) is 1.99. The Balaban J connectivity index is 2.12. The van der Waals surface area contributed by atoms with Gasteiger partial charge in [-0.1, -0.05) is 0 Å². The van der Waals surface area contributed by atoms with E-state index in [1.165, 1.54) is 0 Å². The smallest absolute Gasteiger partial charge is 0.303 e. The second-order valence-corrected chi connectivity index (χ2v) is 4.17. The number of aliphatic carboxylic acids is 1. The van der Waals surface area contributed by atoms with Crippen LogP contribution in [0.3, 0.4) is 0 Å². The molecule has 82 valence electrons. The van der Waals surface area contributed by atoms with Crippen LogP contribution in [0.15, 0.2) is 12.4 Å². The van der Waals surface area contributed by atoms with Crippen LogP contribution >= 0.6 is 0 Å². The number of carboxylic acids is 1. The SMILES string of the molecule is CCn1cc(C(CC(=O)O)C2CC2)cn1. The summed E-state index contributed by atoms with van der Waals surface area (Å²) in [7, 11) is 0. The monoisotopic (exact) mass is 208 g/mol. The van der Waals surface area contributed by atoms with E-state index in [-0.39, 0.29) is 12.3 Å². The van der Waals surface area contributed by atoms with Crippen molar-refractivity contribution in [3.8, 4) is 0 Å². The summed E-state index contributed by atoms with van der Waals surface area (Å²) in [5, 5.41) is 13.1. The lowest BCUT2D eigenvalue weighted by Crippen LogP contribution is -2.07. The lowest BCUT2D eigenvalue weighted by atomic mass is 9.94. The zero-order valence-corrected chi connectivity index (χ0v) is 8.89. The number of aryl methyl sites for hydroxylation is 1. The number of carbonyl (C=O) groups is 1. The van der Waals surface area contributed by atoms with Crippen molar-refractivity contribution in [3.05, 3.63) is 18.0 Å². The van der Waals surface area contributed by atoms with E-state index in [4.69, 9.17) is 5.11 Å². The third kappa shape index (κ3) is 2.37. The van der Waals surface area contributed by atoms with Crippen molar-refractivity contribution < 1.29 is 9.90 Å². The average Bonchev–Trinajstić information content (AvgIpc) is 2.92. The second-order valence-electron chi connectivity index (χ2n) is 4.17. The Hall–Kier alpha value is -1.32. The molecular formula is C11H16N2O2. The van der Waals surface area contributed by atoms with Crippen LogP contribution in [0.4, 0.5) is 0 Å². The Morgan fingerprint density at radius 1 is 1.73 bits per heavy atom. The molecule has 0 bridgehead atoms. The molecule has 1 atom stereocenters. The van der Waals surface area contributed by atoms with E-state index in [1.54, 1.807) is 0 Å². The van der Waals surface area contributed by atoms with E-state index in [1.807, 2.05) is 24.0 Å². The molecule has 0 radical (unpaired) electrons. The first kappa shape index (κ1) is 10.2. The lowest BCUT2D eigenvalue weighted by molar-refractivity contribution is -0.137. The van der Waals surface area contributed by atoms with Gasteiger partial charge in [-0.05, 0) is 31.2 Å². The van der Waals surface area contributed by atoms with E-state index in [0.717, 1.165) is 24.9 Å². The first-order chi connectivity index (χ1) is 7.20. The molecule has 1 aliphatic carbocycles. The van der Waals surface area contributed by atoms with E-state index < -0.39 is 5.97 Å². The third-order valence-corrected chi connectivity index (χ3v) is 2.99. The Morgan fingerprint density at radius 2 is 2.47 bits per heavy atom. The zero-order valence-electron chi connectivity index (χ0n) is 8.89. The molecule has 4 nitrogen and oxygen atoms in total. The average molecular weight is 208 g/mol. The van der Waals surface area contributed by atoms with Gasteiger partial charge in [-0.15, -0.1) is 0 Å². The molecule has 15 heavy (non-hydrogen) atoms. The number of rotatable bonds is 5. The van der Waals surface area contributed by atoms with Crippen LogP contribution in [0.1, 0.15) is 37.7 Å². The van der Waals surface area contributed by atoms with Gasteiger partial charge in [-0.2, -0.15) is 5.10 Å². The quantitative estimate of drug-likeness (QED) is 0.803. The first-order valence-electron chi connectivity index (χ1n) is 5.45. The molecular weight excluding hydrogens is 192 g/mol. The maximum atomic E-state index is 10.8. The number of hydrogen-bond donors (Lipinski definition) is 1. The fourth-order valence-electron chi connectivity index (χ4n) is 1.99. The second kappa shape index (κ2) is 4.04. The summed E-state index contributed by atoms with van der Waals surface area (Å²) < 4.78 is 1.85. The lowest BCUT2D eigenvalue weighted by Gasteiger charge is -2.10. The molecule has 1 fully saturated rings. The molecule has 0 saturated heterocycles. The highest BCUT2D eigenvalue weighted by Gasteiger charge is 2.34. The van der Waals surface area contributed by atoms with Gasteiger partial charge in [0.15, 0.2) is 0 Å². The summed E-state index contributed by atoms with van der Waals surface area (Å²) in [6, 6.07) is 0. The first-order valence-corrected chi connectivity index (χ1v) is 5.45. The van der Waals surface area contributed by atoms with Crippen LogP contribution in [0.5, 0.6) is 0 Å². The maximum Gasteiger partial charge on any atom is 0.303 e. The molecule has 0 aromatic carbocycles. The van der Waals surface area contributed by atoms with Crippen molar-refractivity contribution in [1.29, 1.82) is 0 Å². The predicted molar refractivity (Wildman–Crippen MR) is 55.6 cm³/mol. The summed E-state index contributed by atoms with van der Waals surface area (Å²) >= 11 is 0. The minimum Gasteiger partial charge on any atom is -0.481 e. The number of hydrogen-bond acceptors (Lipinski definition) is 2. The Labute approximate surface area is 88.9 Å². The van der Waals surface area contributed by atoms with Gasteiger partial charge in [0.25, 0.3) is 0 Å². The number of aromatic nitrogens is 2. The number of carboxylic acid groups (broad SMARTS) is 1. The van der Waals surface area contributed by atoms with Crippen molar-refractivity contribution in [2.24, 2.45) is 5.92 Å². The number of nitrogens with zero attached hydrogens (tertiary/aromatic N) is 2. The summed E-state index contributed by atoms with van der Waals surface area (Å²) in [5.41, 5.74) is 1.08. The molecule has 1 heterocycles. The van der Waals surface area contributed by atoms with Gasteiger partial charge in [0.05, 0.1) is 12.6 Å². The fraction of sp³-hybridized carbons (Fsp3) is 0.636. The molecule has 2 rings (SSSR count). The van der Waals surface area contributed by atoms with Crippen molar-refractivity contribution in [3.63, 3.8) is 0 Å². The topological polar surface area (TPSA) is 55.1 Å². The molecule has 1 aliphatic rings. The van der Waals surface area contributed by atoms with Crippen molar-refractivity contribution in [1.82, 2.24) is 9.78 Å². The molecule has 0 aliphatic heterocycles. The van der Waals surface area contributed by atoms with Crippen LogP contribution in [-0.4, -0.2) is 20.9 Å². The van der Waals surface area contributed by atoms with E-state index in [9.17, 15) is 4.79 Å². The summed E-state index contributed by atoms with van der Waals surface area (Å²) in [5.74, 6) is 0.0227. The minimum atomic E-state index is -0.712. The summed E-state index contributed by atoms with van der Waals surface area (Å²) in [4.78, 5) is 10.8. The van der Waals surface area contributed by atoms with Gasteiger partial charge >= 0.3 is 5.97 Å². The molecule has 1 aromatic rings. The van der Waals surface area contributed by atoms with Crippen LogP contribution in [0.2, 0.25) is 0 Å². The van der Waals surface area contributed by atoms with Gasteiger partial charge in [0, 0.05) is 18.7 Å². The van der Waals surface area contributed by atoms with Crippen molar-refractivity contribution in [2.45, 2.75) is 38.6 Å². The Bertz CT molecular complexity index is 355. The Morgan fingerprint density at radius 3 is 2.93 bits per heavy atom. The normalized spacial score (nSPS) is 17.7. The molecule has 1 unspecified atom stereocenters. The summed E-state index contributed by atoms with van der Waals surface area (Å²) in [6.45, 7) is 2.87. The predicted octanol–water partition coefficient (Wildman–Crippen LogP) is 1.87. The standard InChI is InChI=1S/C11H16N2O2/c1-2-13-7-9(6-12-13)10(5-11(14)15)8-3-4-8/h6-8,10H,2-5H2,1H3,(H,14,15). The van der Waals surface area contributed by atoms with Gasteiger partial charge in [0.1, 0.15) is 0 Å². The highest BCUT2D eigenvalue weighted by molar-refractivity contribution is 5.68. The molecule has 0 amide bonds. The largest absolute Gasteiger partial charge is 0.481 e. The Kier molecular flexibility index (Phi) is 2.75. The molecule has 4 heteroatoms. The zero-order chi connectivity index (χ0) is 10.8. The highest BCUT2D eigenvalue weighted by Crippen LogP contribution is 2.44.